The number of rotatable bonds is 5. The number of nitrogens with one attached hydrogen (secondary N) is 1. The molecule has 2 atom stereocenters. The van der Waals surface area contributed by atoms with Crippen molar-refractivity contribution in [2.75, 3.05) is 7.05 Å². The molecule has 2 amide bonds. The number of carbonyl (C=O) groups excluding carboxylic acids is 4. The van der Waals surface area contributed by atoms with E-state index in [9.17, 15) is 19.2 Å². The van der Waals surface area contributed by atoms with Gasteiger partial charge >= 0.3 is 0 Å². The SMILES string of the molecule is CN1N=C(CC2SC(=O)NC2=O)C(=O)C1CC(=O)c1ccccc1. The van der Waals surface area contributed by atoms with Gasteiger partial charge in [-0.2, -0.15) is 5.10 Å². The van der Waals surface area contributed by atoms with Crippen molar-refractivity contribution in [1.82, 2.24) is 10.3 Å². The van der Waals surface area contributed by atoms with Crippen LogP contribution in [0.2, 0.25) is 0 Å². The van der Waals surface area contributed by atoms with E-state index in [0.29, 0.717) is 5.56 Å². The van der Waals surface area contributed by atoms with Crippen LogP contribution in [0.15, 0.2) is 35.4 Å². The van der Waals surface area contributed by atoms with Gasteiger partial charge in [0.1, 0.15) is 11.8 Å². The minimum Gasteiger partial charge on any atom is -0.294 e. The van der Waals surface area contributed by atoms with Gasteiger partial charge in [0.25, 0.3) is 5.24 Å². The summed E-state index contributed by atoms with van der Waals surface area (Å²) >= 11 is 0.858. The number of imide groups is 1. The molecule has 0 radical (unpaired) electrons. The van der Waals surface area contributed by atoms with Gasteiger partial charge in [-0.05, 0) is 0 Å². The molecule has 0 aromatic heterocycles. The maximum atomic E-state index is 12.5. The van der Waals surface area contributed by atoms with Crippen LogP contribution in [0.25, 0.3) is 0 Å². The monoisotopic (exact) mass is 345 g/mol. The van der Waals surface area contributed by atoms with Crippen LogP contribution in [-0.2, 0) is 9.59 Å². The van der Waals surface area contributed by atoms with Crippen LogP contribution < -0.4 is 5.32 Å². The maximum Gasteiger partial charge on any atom is 0.286 e. The fraction of sp³-hybridized carbons (Fsp3) is 0.312. The van der Waals surface area contributed by atoms with Gasteiger partial charge in [-0.1, -0.05) is 42.1 Å². The predicted molar refractivity (Wildman–Crippen MR) is 88.9 cm³/mol. The zero-order chi connectivity index (χ0) is 17.3. The third-order valence-corrected chi connectivity index (χ3v) is 4.92. The van der Waals surface area contributed by atoms with Crippen molar-refractivity contribution in [2.45, 2.75) is 24.1 Å². The van der Waals surface area contributed by atoms with E-state index >= 15 is 0 Å². The van der Waals surface area contributed by atoms with Gasteiger partial charge in [-0.25, -0.2) is 0 Å². The van der Waals surface area contributed by atoms with Crippen molar-refractivity contribution >= 4 is 40.2 Å². The highest BCUT2D eigenvalue weighted by atomic mass is 32.2. The van der Waals surface area contributed by atoms with Gasteiger partial charge in [0.2, 0.25) is 11.7 Å². The highest BCUT2D eigenvalue weighted by Crippen LogP contribution is 2.26. The van der Waals surface area contributed by atoms with Crippen LogP contribution in [0.3, 0.4) is 0 Å². The Labute approximate surface area is 142 Å². The Morgan fingerprint density at radius 3 is 2.58 bits per heavy atom. The molecule has 0 saturated carbocycles. The lowest BCUT2D eigenvalue weighted by Crippen LogP contribution is -2.34. The zero-order valence-corrected chi connectivity index (χ0v) is 13.7. The average molecular weight is 345 g/mol. The number of hydrogen-bond donors (Lipinski definition) is 1. The fourth-order valence-corrected chi connectivity index (χ4v) is 3.48. The Bertz CT molecular complexity index is 747. The Balaban J connectivity index is 1.66. The van der Waals surface area contributed by atoms with E-state index in [1.807, 2.05) is 6.07 Å². The lowest BCUT2D eigenvalue weighted by Gasteiger charge is -2.16. The molecule has 0 bridgehead atoms. The Kier molecular flexibility index (Phi) is 4.48. The summed E-state index contributed by atoms with van der Waals surface area (Å²) in [6.45, 7) is 0. The van der Waals surface area contributed by atoms with Gasteiger partial charge in [-0.15, -0.1) is 0 Å². The summed E-state index contributed by atoms with van der Waals surface area (Å²) in [5.74, 6) is -0.818. The summed E-state index contributed by atoms with van der Waals surface area (Å²) in [7, 11) is 1.63. The first kappa shape index (κ1) is 16.4. The highest BCUT2D eigenvalue weighted by molar-refractivity contribution is 8.15. The van der Waals surface area contributed by atoms with Crippen LogP contribution in [0.1, 0.15) is 23.2 Å². The van der Waals surface area contributed by atoms with Gasteiger partial charge in [-0.3, -0.25) is 29.5 Å². The third-order valence-electron chi connectivity index (χ3n) is 3.94. The minimum atomic E-state index is -0.669. The first-order valence-corrected chi connectivity index (χ1v) is 8.28. The van der Waals surface area contributed by atoms with E-state index in [2.05, 4.69) is 10.4 Å². The number of hydrogen-bond acceptors (Lipinski definition) is 7. The second-order valence-electron chi connectivity index (χ2n) is 5.58. The quantitative estimate of drug-likeness (QED) is 0.807. The molecule has 1 aromatic rings. The normalized spacial score (nSPS) is 23.5. The third kappa shape index (κ3) is 3.23. The molecule has 2 unspecified atom stereocenters. The second kappa shape index (κ2) is 6.56. The van der Waals surface area contributed by atoms with E-state index in [4.69, 9.17) is 0 Å². The van der Waals surface area contributed by atoms with Crippen molar-refractivity contribution in [3.05, 3.63) is 35.9 Å². The number of likely N-dealkylation sites (N-methyl/N-ethyl adjacent to an activating group) is 1. The van der Waals surface area contributed by atoms with Gasteiger partial charge in [0.15, 0.2) is 5.78 Å². The molecule has 7 nitrogen and oxygen atoms in total. The van der Waals surface area contributed by atoms with Crippen molar-refractivity contribution in [3.8, 4) is 0 Å². The molecule has 1 fully saturated rings. The topological polar surface area (TPSA) is 95.9 Å². The summed E-state index contributed by atoms with van der Waals surface area (Å²) in [5.41, 5.74) is 0.772. The number of hydrazone groups is 1. The van der Waals surface area contributed by atoms with E-state index in [1.54, 1.807) is 31.3 Å². The molecule has 124 valence electrons. The molecular formula is C16H15N3O4S. The highest BCUT2D eigenvalue weighted by Gasteiger charge is 2.40. The molecule has 1 saturated heterocycles. The van der Waals surface area contributed by atoms with Gasteiger partial charge in [0, 0.05) is 25.5 Å². The lowest BCUT2D eigenvalue weighted by molar-refractivity contribution is -0.118. The summed E-state index contributed by atoms with van der Waals surface area (Å²) in [6.07, 6.45) is 0.108. The van der Waals surface area contributed by atoms with Crippen molar-refractivity contribution in [3.63, 3.8) is 0 Å². The maximum absolute atomic E-state index is 12.5. The van der Waals surface area contributed by atoms with Crippen molar-refractivity contribution < 1.29 is 19.2 Å². The first-order chi connectivity index (χ1) is 11.5. The second-order valence-corrected chi connectivity index (χ2v) is 6.76. The Hall–Kier alpha value is -2.48. The molecule has 8 heteroatoms. The predicted octanol–water partition coefficient (Wildman–Crippen LogP) is 1.24. The van der Waals surface area contributed by atoms with Crippen LogP contribution in [0.4, 0.5) is 4.79 Å². The Morgan fingerprint density at radius 1 is 1.25 bits per heavy atom. The summed E-state index contributed by atoms with van der Waals surface area (Å²) in [5, 5.41) is 6.75. The standard InChI is InChI=1S/C16H15N3O4S/c1-19-11(8-12(20)9-5-3-2-4-6-9)14(21)10(18-19)7-13-15(22)17-16(23)24-13/h2-6,11,13H,7-8H2,1H3,(H,17,22,23). The van der Waals surface area contributed by atoms with E-state index in [1.165, 1.54) is 5.01 Å². The average Bonchev–Trinajstić information content (AvgIpc) is 3.01. The van der Waals surface area contributed by atoms with E-state index < -0.39 is 22.4 Å². The molecule has 3 rings (SSSR count). The molecule has 2 aliphatic rings. The summed E-state index contributed by atoms with van der Waals surface area (Å²) in [6, 6.07) is 8.09. The van der Waals surface area contributed by atoms with Gasteiger partial charge in [0.05, 0.1) is 5.25 Å². The molecule has 24 heavy (non-hydrogen) atoms. The van der Waals surface area contributed by atoms with Crippen molar-refractivity contribution in [1.29, 1.82) is 0 Å². The number of benzene rings is 1. The van der Waals surface area contributed by atoms with Gasteiger partial charge < -0.3 is 0 Å². The van der Waals surface area contributed by atoms with Crippen LogP contribution in [0, 0.1) is 0 Å². The molecule has 0 spiro atoms. The number of Topliss-reactive ketones (excluding diaryl/α,β-unsaturated/α-hetero) is 2. The Morgan fingerprint density at radius 2 is 1.96 bits per heavy atom. The molecule has 0 aliphatic carbocycles. The van der Waals surface area contributed by atoms with Crippen molar-refractivity contribution in [2.24, 2.45) is 5.10 Å². The largest absolute Gasteiger partial charge is 0.294 e. The van der Waals surface area contributed by atoms with E-state index in [-0.39, 0.29) is 30.1 Å². The molecule has 1 N–H and O–H groups in total. The first-order valence-electron chi connectivity index (χ1n) is 7.40. The fourth-order valence-electron chi connectivity index (χ4n) is 2.66. The van der Waals surface area contributed by atoms with E-state index in [0.717, 1.165) is 11.8 Å². The van der Waals surface area contributed by atoms with Crippen LogP contribution in [0.5, 0.6) is 0 Å². The minimum absolute atomic E-state index is 0.0231. The zero-order valence-electron chi connectivity index (χ0n) is 12.9. The lowest BCUT2D eigenvalue weighted by atomic mass is 9.98. The number of thioether (sulfide) groups is 1. The number of amides is 2. The number of ketones is 2. The number of nitrogens with zero attached hydrogens (tertiary/aromatic N) is 2. The van der Waals surface area contributed by atoms with Crippen LogP contribution in [-0.4, -0.2) is 51.8 Å². The summed E-state index contributed by atoms with van der Waals surface area (Å²) in [4.78, 5) is 47.6. The smallest absolute Gasteiger partial charge is 0.286 e. The summed E-state index contributed by atoms with van der Waals surface area (Å²) < 4.78 is 0. The molecule has 2 heterocycles. The molecule has 2 aliphatic heterocycles. The number of carbonyl (C=O) groups is 4. The molecular weight excluding hydrogens is 330 g/mol. The van der Waals surface area contributed by atoms with Crippen LogP contribution >= 0.6 is 11.8 Å². The molecule has 1 aromatic carbocycles.